The van der Waals surface area contributed by atoms with Crippen LogP contribution in [-0.2, 0) is 4.79 Å². The van der Waals surface area contributed by atoms with E-state index in [1.807, 2.05) is 0 Å². The molecule has 0 radical (unpaired) electrons. The SMILES string of the molecule is CC(=N)NCC/C=C\C[C@@](N)(CF)C(=O)O. The Morgan fingerprint density at radius 2 is 2.25 bits per heavy atom. The molecular formula is C10H18FN3O2. The molecule has 0 amide bonds. The van der Waals surface area contributed by atoms with Crippen molar-refractivity contribution in [2.75, 3.05) is 13.2 Å². The van der Waals surface area contributed by atoms with Crippen molar-refractivity contribution in [3.05, 3.63) is 12.2 Å². The van der Waals surface area contributed by atoms with E-state index in [4.69, 9.17) is 16.2 Å². The van der Waals surface area contributed by atoms with E-state index in [2.05, 4.69) is 5.32 Å². The number of amidine groups is 1. The molecule has 0 saturated heterocycles. The molecule has 0 bridgehead atoms. The van der Waals surface area contributed by atoms with Crippen LogP contribution >= 0.6 is 0 Å². The van der Waals surface area contributed by atoms with Crippen molar-refractivity contribution < 1.29 is 14.3 Å². The second-order valence-corrected chi connectivity index (χ2v) is 3.61. The van der Waals surface area contributed by atoms with Crippen molar-refractivity contribution in [2.24, 2.45) is 5.73 Å². The zero-order valence-corrected chi connectivity index (χ0v) is 9.29. The number of aliphatic carboxylic acids is 1. The molecule has 0 heterocycles. The first-order valence-corrected chi connectivity index (χ1v) is 4.94. The quantitative estimate of drug-likeness (QED) is 0.224. The van der Waals surface area contributed by atoms with E-state index in [1.165, 1.54) is 0 Å². The molecule has 6 heteroatoms. The first-order chi connectivity index (χ1) is 7.42. The normalized spacial score (nSPS) is 14.7. The Bertz CT molecular complexity index is 281. The lowest BCUT2D eigenvalue weighted by molar-refractivity contribution is -0.143. The van der Waals surface area contributed by atoms with Crippen molar-refractivity contribution in [2.45, 2.75) is 25.3 Å². The maximum Gasteiger partial charge on any atom is 0.326 e. The van der Waals surface area contributed by atoms with Crippen LogP contribution in [-0.4, -0.2) is 35.7 Å². The van der Waals surface area contributed by atoms with Gasteiger partial charge in [-0.15, -0.1) is 0 Å². The summed E-state index contributed by atoms with van der Waals surface area (Å²) >= 11 is 0. The molecule has 0 aliphatic rings. The number of alkyl halides is 1. The highest BCUT2D eigenvalue weighted by Crippen LogP contribution is 2.09. The molecular weight excluding hydrogens is 213 g/mol. The van der Waals surface area contributed by atoms with Crippen LogP contribution in [0, 0.1) is 5.41 Å². The minimum atomic E-state index is -1.82. The van der Waals surface area contributed by atoms with Crippen molar-refractivity contribution in [1.82, 2.24) is 5.32 Å². The van der Waals surface area contributed by atoms with Gasteiger partial charge in [-0.1, -0.05) is 12.2 Å². The molecule has 16 heavy (non-hydrogen) atoms. The summed E-state index contributed by atoms with van der Waals surface area (Å²) in [4.78, 5) is 10.6. The van der Waals surface area contributed by atoms with Crippen LogP contribution in [0.1, 0.15) is 19.8 Å². The Labute approximate surface area is 94.0 Å². The molecule has 0 spiro atoms. The average Bonchev–Trinajstić information content (AvgIpc) is 2.22. The van der Waals surface area contributed by atoms with Gasteiger partial charge in [-0.3, -0.25) is 10.2 Å². The molecule has 0 aliphatic carbocycles. The Morgan fingerprint density at radius 3 is 2.69 bits per heavy atom. The molecule has 0 aromatic carbocycles. The largest absolute Gasteiger partial charge is 0.480 e. The third kappa shape index (κ3) is 5.45. The first-order valence-electron chi connectivity index (χ1n) is 4.94. The highest BCUT2D eigenvalue weighted by Gasteiger charge is 2.32. The van der Waals surface area contributed by atoms with E-state index in [1.54, 1.807) is 19.1 Å². The van der Waals surface area contributed by atoms with Gasteiger partial charge in [0.2, 0.25) is 0 Å². The van der Waals surface area contributed by atoms with Gasteiger partial charge in [-0.25, -0.2) is 4.39 Å². The lowest BCUT2D eigenvalue weighted by atomic mass is 9.98. The van der Waals surface area contributed by atoms with Crippen LogP contribution in [0.4, 0.5) is 4.39 Å². The molecule has 0 saturated carbocycles. The summed E-state index contributed by atoms with van der Waals surface area (Å²) in [6.45, 7) is 1.12. The number of carboxylic acid groups (broad SMARTS) is 1. The van der Waals surface area contributed by atoms with E-state index < -0.39 is 18.2 Å². The molecule has 5 N–H and O–H groups in total. The van der Waals surface area contributed by atoms with Crippen LogP contribution in [0.3, 0.4) is 0 Å². The number of nitrogens with two attached hydrogens (primary N) is 1. The molecule has 5 nitrogen and oxygen atoms in total. The van der Waals surface area contributed by atoms with Gasteiger partial charge in [0.05, 0.1) is 5.84 Å². The fourth-order valence-electron chi connectivity index (χ4n) is 0.954. The van der Waals surface area contributed by atoms with Gasteiger partial charge in [0.1, 0.15) is 12.2 Å². The van der Waals surface area contributed by atoms with Gasteiger partial charge in [0.25, 0.3) is 0 Å². The standard InChI is InChI=1S/C10H18FN3O2/c1-8(12)14-6-4-2-3-5-10(13,7-11)9(15)16/h2-3H,4-7,13H2,1H3,(H2,12,14)(H,15,16)/b3-2-/t10-/m1/s1. The zero-order valence-electron chi connectivity index (χ0n) is 9.29. The minimum absolute atomic E-state index is 0.0393. The van der Waals surface area contributed by atoms with Gasteiger partial charge >= 0.3 is 5.97 Å². The topological polar surface area (TPSA) is 99.2 Å². The Morgan fingerprint density at radius 1 is 1.62 bits per heavy atom. The van der Waals surface area contributed by atoms with E-state index >= 15 is 0 Å². The number of halogens is 1. The van der Waals surface area contributed by atoms with E-state index in [0.717, 1.165) is 0 Å². The summed E-state index contributed by atoms with van der Waals surface area (Å²) in [5.74, 6) is -0.969. The van der Waals surface area contributed by atoms with Gasteiger partial charge < -0.3 is 16.2 Å². The van der Waals surface area contributed by atoms with E-state index in [0.29, 0.717) is 18.8 Å². The van der Waals surface area contributed by atoms with Gasteiger partial charge in [-0.05, 0) is 19.8 Å². The van der Waals surface area contributed by atoms with E-state index in [-0.39, 0.29) is 6.42 Å². The Balaban J connectivity index is 3.89. The molecule has 0 aromatic heterocycles. The molecule has 0 fully saturated rings. The van der Waals surface area contributed by atoms with Crippen LogP contribution in [0.25, 0.3) is 0 Å². The molecule has 0 aliphatic heterocycles. The predicted molar refractivity (Wildman–Crippen MR) is 60.3 cm³/mol. The van der Waals surface area contributed by atoms with Gasteiger partial charge in [0.15, 0.2) is 0 Å². The number of carboxylic acids is 1. The molecule has 0 rings (SSSR count). The molecule has 1 atom stereocenters. The summed E-state index contributed by atoms with van der Waals surface area (Å²) in [5.41, 5.74) is 3.51. The number of nitrogens with one attached hydrogen (secondary N) is 2. The van der Waals surface area contributed by atoms with Crippen molar-refractivity contribution in [1.29, 1.82) is 5.41 Å². The summed E-state index contributed by atoms with van der Waals surface area (Å²) in [7, 11) is 0. The van der Waals surface area contributed by atoms with Crippen LogP contribution in [0.2, 0.25) is 0 Å². The monoisotopic (exact) mass is 231 g/mol. The second-order valence-electron chi connectivity index (χ2n) is 3.61. The van der Waals surface area contributed by atoms with Crippen molar-refractivity contribution in [3.63, 3.8) is 0 Å². The third-order valence-electron chi connectivity index (χ3n) is 2.01. The maximum atomic E-state index is 12.4. The lowest BCUT2D eigenvalue weighted by Gasteiger charge is -2.18. The molecule has 92 valence electrons. The van der Waals surface area contributed by atoms with Crippen LogP contribution in [0.5, 0.6) is 0 Å². The van der Waals surface area contributed by atoms with Gasteiger partial charge in [-0.2, -0.15) is 0 Å². The highest BCUT2D eigenvalue weighted by molar-refractivity contribution is 5.78. The fraction of sp³-hybridized carbons (Fsp3) is 0.600. The lowest BCUT2D eigenvalue weighted by Crippen LogP contribution is -2.49. The summed E-state index contributed by atoms with van der Waals surface area (Å²) in [6.07, 6.45) is 3.87. The number of rotatable bonds is 7. The zero-order chi connectivity index (χ0) is 12.6. The minimum Gasteiger partial charge on any atom is -0.480 e. The summed E-state index contributed by atoms with van der Waals surface area (Å²) in [5, 5.41) is 18.5. The van der Waals surface area contributed by atoms with Crippen molar-refractivity contribution >= 4 is 11.8 Å². The summed E-state index contributed by atoms with van der Waals surface area (Å²) in [6, 6.07) is 0. The molecule has 0 aromatic rings. The highest BCUT2D eigenvalue weighted by atomic mass is 19.1. The van der Waals surface area contributed by atoms with Crippen LogP contribution in [0.15, 0.2) is 12.2 Å². The average molecular weight is 231 g/mol. The number of carbonyl (C=O) groups is 1. The van der Waals surface area contributed by atoms with Gasteiger partial charge in [0, 0.05) is 6.54 Å². The number of hydrogen-bond acceptors (Lipinski definition) is 3. The second kappa shape index (κ2) is 6.95. The number of hydrogen-bond donors (Lipinski definition) is 4. The smallest absolute Gasteiger partial charge is 0.326 e. The van der Waals surface area contributed by atoms with Crippen LogP contribution < -0.4 is 11.1 Å². The predicted octanol–water partition coefficient (Wildman–Crippen LogP) is 0.661. The Kier molecular flexibility index (Phi) is 6.32. The maximum absolute atomic E-state index is 12.4. The first kappa shape index (κ1) is 14.6. The fourth-order valence-corrected chi connectivity index (χ4v) is 0.954. The third-order valence-corrected chi connectivity index (χ3v) is 2.01. The Hall–Kier alpha value is -1.43. The van der Waals surface area contributed by atoms with E-state index in [9.17, 15) is 9.18 Å². The summed E-state index contributed by atoms with van der Waals surface area (Å²) < 4.78 is 12.4. The molecule has 0 unspecified atom stereocenters. The van der Waals surface area contributed by atoms with Crippen molar-refractivity contribution in [3.8, 4) is 0 Å².